The van der Waals surface area contributed by atoms with Crippen LogP contribution in [0.5, 0.6) is 0 Å². The van der Waals surface area contributed by atoms with Gasteiger partial charge in [-0.1, -0.05) is 60.2 Å². The maximum Gasteiger partial charge on any atom is 0.139 e. The second kappa shape index (κ2) is 9.80. The molecule has 1 atom stereocenters. The summed E-state index contributed by atoms with van der Waals surface area (Å²) in [5.41, 5.74) is 9.84. The predicted molar refractivity (Wildman–Crippen MR) is 149 cm³/mol. The number of thiocarbonyl (C=S) groups is 1. The molecule has 1 aliphatic heterocycles. The van der Waals surface area contributed by atoms with Gasteiger partial charge in [-0.05, 0) is 66.8 Å². The van der Waals surface area contributed by atoms with E-state index in [4.69, 9.17) is 12.2 Å². The molecule has 1 unspecified atom stereocenters. The van der Waals surface area contributed by atoms with Crippen molar-refractivity contribution in [3.05, 3.63) is 100 Å². The van der Waals surface area contributed by atoms with E-state index >= 15 is 0 Å². The first-order chi connectivity index (χ1) is 16.9. The minimum absolute atomic E-state index is 0.465. The minimum Gasteiger partial charge on any atom is -0.291 e. The number of hydrogen-bond acceptors (Lipinski definition) is 4. The Morgan fingerprint density at radius 2 is 1.83 bits per heavy atom. The molecule has 5 rings (SSSR count). The van der Waals surface area contributed by atoms with Gasteiger partial charge in [-0.25, -0.2) is 4.98 Å². The van der Waals surface area contributed by atoms with Gasteiger partial charge in [0.2, 0.25) is 0 Å². The van der Waals surface area contributed by atoms with Gasteiger partial charge in [0.1, 0.15) is 17.0 Å². The van der Waals surface area contributed by atoms with Crippen molar-refractivity contribution in [2.24, 2.45) is 4.99 Å². The van der Waals surface area contributed by atoms with Crippen LogP contribution in [0.25, 0.3) is 16.9 Å². The van der Waals surface area contributed by atoms with Crippen LogP contribution in [-0.4, -0.2) is 31.4 Å². The second-order valence-electron chi connectivity index (χ2n) is 9.07. The van der Waals surface area contributed by atoms with E-state index in [1.54, 1.807) is 6.33 Å². The molecule has 4 aromatic rings. The highest BCUT2D eigenvalue weighted by molar-refractivity contribution is 7.84. The molecule has 1 aromatic heterocycles. The Balaban J connectivity index is 1.33. The van der Waals surface area contributed by atoms with Gasteiger partial charge in [-0.3, -0.25) is 13.8 Å². The van der Waals surface area contributed by atoms with Crippen molar-refractivity contribution in [1.29, 1.82) is 0 Å². The Morgan fingerprint density at radius 1 is 1.09 bits per heavy atom. The Labute approximate surface area is 214 Å². The number of aromatic nitrogens is 2. The van der Waals surface area contributed by atoms with E-state index in [0.29, 0.717) is 12.3 Å². The average molecular weight is 498 g/mol. The molecule has 1 aliphatic rings. The van der Waals surface area contributed by atoms with Gasteiger partial charge < -0.3 is 0 Å². The van der Waals surface area contributed by atoms with Gasteiger partial charge in [0.25, 0.3) is 0 Å². The summed E-state index contributed by atoms with van der Waals surface area (Å²) in [6, 6.07) is 20.7. The van der Waals surface area contributed by atoms with Gasteiger partial charge in [0.05, 0.1) is 23.1 Å². The lowest BCUT2D eigenvalue weighted by Crippen LogP contribution is -2.11. The number of rotatable bonds is 6. The molecule has 6 heteroatoms. The summed E-state index contributed by atoms with van der Waals surface area (Å²) in [5, 5.41) is 0.764. The van der Waals surface area contributed by atoms with Crippen LogP contribution in [0.2, 0.25) is 0 Å². The Morgan fingerprint density at radius 3 is 2.57 bits per heavy atom. The molecule has 0 amide bonds. The van der Waals surface area contributed by atoms with Crippen LogP contribution in [0, 0.1) is 20.8 Å². The van der Waals surface area contributed by atoms with Crippen LogP contribution in [0.3, 0.4) is 0 Å². The number of imidazole rings is 1. The highest BCUT2D eigenvalue weighted by atomic mass is 32.2. The van der Waals surface area contributed by atoms with E-state index in [1.165, 1.54) is 22.3 Å². The maximum atomic E-state index is 13.2. The predicted octanol–water partition coefficient (Wildman–Crippen LogP) is 6.12. The molecule has 0 saturated carbocycles. The number of hydrogen-bond donors (Lipinski definition) is 0. The Bertz CT molecular complexity index is 1460. The molecule has 3 aromatic carbocycles. The first-order valence-corrected chi connectivity index (χ1v) is 13.4. The quantitative estimate of drug-likeness (QED) is 0.238. The zero-order chi connectivity index (χ0) is 24.5. The molecular formula is C29H27N3OS2. The molecule has 0 fully saturated rings. The molecule has 0 aliphatic carbocycles. The third-order valence-electron chi connectivity index (χ3n) is 6.45. The fraction of sp³-hybridized carbons (Fsp3) is 0.207. The lowest BCUT2D eigenvalue weighted by atomic mass is 9.99. The molecule has 35 heavy (non-hydrogen) atoms. The van der Waals surface area contributed by atoms with E-state index < -0.39 is 10.8 Å². The van der Waals surface area contributed by atoms with Crippen LogP contribution in [0.4, 0.5) is 0 Å². The number of nitrogens with zero attached hydrogens (tertiary/aromatic N) is 3. The summed E-state index contributed by atoms with van der Waals surface area (Å²) < 4.78 is 15.2. The molecule has 176 valence electrons. The van der Waals surface area contributed by atoms with Crippen molar-refractivity contribution in [2.45, 2.75) is 38.0 Å². The molecule has 4 nitrogen and oxygen atoms in total. The first-order valence-electron chi connectivity index (χ1n) is 11.6. The average Bonchev–Trinajstić information content (AvgIpc) is 3.28. The van der Waals surface area contributed by atoms with Gasteiger partial charge in [-0.2, -0.15) is 0 Å². The van der Waals surface area contributed by atoms with E-state index in [-0.39, 0.29) is 0 Å². The van der Waals surface area contributed by atoms with Crippen LogP contribution < -0.4 is 0 Å². The summed E-state index contributed by atoms with van der Waals surface area (Å²) in [7, 11) is -1.18. The van der Waals surface area contributed by atoms with Crippen LogP contribution in [-0.2, 0) is 23.0 Å². The van der Waals surface area contributed by atoms with Crippen molar-refractivity contribution < 1.29 is 4.21 Å². The highest BCUT2D eigenvalue weighted by Gasteiger charge is 2.27. The van der Waals surface area contributed by atoms with Crippen LogP contribution in [0.1, 0.15) is 33.4 Å². The minimum atomic E-state index is -1.18. The van der Waals surface area contributed by atoms with E-state index in [9.17, 15) is 4.21 Å². The lowest BCUT2D eigenvalue weighted by molar-refractivity contribution is 0.676. The Kier molecular flexibility index (Phi) is 6.58. The van der Waals surface area contributed by atoms with Crippen molar-refractivity contribution in [3.8, 4) is 16.9 Å². The molecule has 0 N–H and O–H groups in total. The van der Waals surface area contributed by atoms with Crippen molar-refractivity contribution in [1.82, 2.24) is 9.55 Å². The van der Waals surface area contributed by atoms with Crippen molar-refractivity contribution >= 4 is 34.1 Å². The van der Waals surface area contributed by atoms with Gasteiger partial charge in [-0.15, -0.1) is 0 Å². The first kappa shape index (κ1) is 23.5. The fourth-order valence-corrected chi connectivity index (χ4v) is 6.14. The summed E-state index contributed by atoms with van der Waals surface area (Å²) in [6.07, 6.45) is 4.40. The SMILES string of the molecule is Cc1ccc(-n2cnc3c2S(=O)Cc2cc(C=NCC(=S)Cc4c(C)cccc4C)ccc2-3)cc1. The summed E-state index contributed by atoms with van der Waals surface area (Å²) >= 11 is 5.61. The summed E-state index contributed by atoms with van der Waals surface area (Å²) in [6.45, 7) is 6.82. The maximum absolute atomic E-state index is 13.2. The van der Waals surface area contributed by atoms with E-state index in [1.807, 2.05) is 29.0 Å². The number of aliphatic imine (C=N–C) groups is 1. The van der Waals surface area contributed by atoms with Gasteiger partial charge >= 0.3 is 0 Å². The number of benzene rings is 3. The monoisotopic (exact) mass is 497 g/mol. The molecular weight excluding hydrogens is 470 g/mol. The van der Waals surface area contributed by atoms with Crippen LogP contribution in [0.15, 0.2) is 77.0 Å². The third kappa shape index (κ3) is 4.81. The van der Waals surface area contributed by atoms with Crippen LogP contribution >= 0.6 is 12.2 Å². The molecule has 0 bridgehead atoms. The number of aryl methyl sites for hydroxylation is 3. The summed E-state index contributed by atoms with van der Waals surface area (Å²) in [4.78, 5) is 10.2. The van der Waals surface area contributed by atoms with E-state index in [2.05, 4.69) is 73.2 Å². The topological polar surface area (TPSA) is 47.2 Å². The molecule has 2 heterocycles. The zero-order valence-electron chi connectivity index (χ0n) is 20.1. The molecule has 0 spiro atoms. The molecule has 0 saturated heterocycles. The third-order valence-corrected chi connectivity index (χ3v) is 8.12. The van der Waals surface area contributed by atoms with E-state index in [0.717, 1.165) is 44.4 Å². The zero-order valence-corrected chi connectivity index (χ0v) is 21.7. The lowest BCUT2D eigenvalue weighted by Gasteiger charge is -2.18. The standard InChI is InChI=1S/C29H27N3OS2/c1-19-7-10-24(11-8-19)32-18-31-28-26-12-9-22(13-23(26)17-35(33)29(28)32)15-30-16-25(34)14-27-20(2)5-4-6-21(27)3/h4-13,15,18H,14,16-17H2,1-3H3. The van der Waals surface area contributed by atoms with Gasteiger partial charge in [0, 0.05) is 28.8 Å². The van der Waals surface area contributed by atoms with Crippen molar-refractivity contribution in [2.75, 3.05) is 6.54 Å². The number of fused-ring (bicyclic) bond motifs is 3. The fourth-order valence-electron chi connectivity index (χ4n) is 4.52. The van der Waals surface area contributed by atoms with Crippen molar-refractivity contribution in [3.63, 3.8) is 0 Å². The normalized spacial score (nSPS) is 14.7. The largest absolute Gasteiger partial charge is 0.291 e. The smallest absolute Gasteiger partial charge is 0.139 e. The Hall–Kier alpha value is -3.22. The second-order valence-corrected chi connectivity index (χ2v) is 11.0. The highest BCUT2D eigenvalue weighted by Crippen LogP contribution is 2.36. The summed E-state index contributed by atoms with van der Waals surface area (Å²) in [5.74, 6) is 0.465. The van der Waals surface area contributed by atoms with Gasteiger partial charge in [0.15, 0.2) is 0 Å². The molecule has 0 radical (unpaired) electrons.